The largest absolute Gasteiger partial charge is 0.481 e. The van der Waals surface area contributed by atoms with Crippen LogP contribution in [0.4, 0.5) is 13.2 Å². The van der Waals surface area contributed by atoms with Crippen molar-refractivity contribution in [3.8, 4) is 5.88 Å². The Morgan fingerprint density at radius 2 is 1.88 bits per heavy atom. The first-order valence-electron chi connectivity index (χ1n) is 11.6. The van der Waals surface area contributed by atoms with Gasteiger partial charge in [0.2, 0.25) is 5.88 Å². The van der Waals surface area contributed by atoms with Gasteiger partial charge in [0, 0.05) is 29.9 Å². The molecule has 3 aromatic rings. The molecular weight excluding hydrogens is 443 g/mol. The van der Waals surface area contributed by atoms with Gasteiger partial charge in [0.25, 0.3) is 5.91 Å². The Morgan fingerprint density at radius 1 is 1.12 bits per heavy atom. The minimum absolute atomic E-state index is 0.0152. The molecule has 1 aliphatic carbocycles. The topological polar surface area (TPSA) is 64.1 Å². The van der Waals surface area contributed by atoms with E-state index >= 15 is 0 Å². The number of fused-ring (bicyclic) bond motifs is 1. The van der Waals surface area contributed by atoms with Crippen molar-refractivity contribution in [1.29, 1.82) is 0 Å². The summed E-state index contributed by atoms with van der Waals surface area (Å²) in [5.41, 5.74) is 0.733. The van der Waals surface area contributed by atoms with Crippen LogP contribution in [0.2, 0.25) is 0 Å². The fourth-order valence-corrected chi connectivity index (χ4v) is 5.06. The van der Waals surface area contributed by atoms with E-state index in [2.05, 4.69) is 22.2 Å². The predicted octanol–water partition coefficient (Wildman–Crippen LogP) is 6.14. The standard InChI is InChI=1S/C26H28F3N3O2/c1-3-22(32-25(33)18-11-12-23(34-2)31-15-18)17-9-7-16(8-10-17)19-13-14-30-24-20(19)5-4-6-21(24)26(27,28)29/h4-6,11-17,22H,3,7-10H2,1-2H3,(H,32,33)/t16-,17+,22?. The van der Waals surface area contributed by atoms with Crippen molar-refractivity contribution in [2.24, 2.45) is 5.92 Å². The first-order chi connectivity index (χ1) is 16.3. The smallest absolute Gasteiger partial charge is 0.418 e. The number of carbonyl (C=O) groups is 1. The number of nitrogens with one attached hydrogen (secondary N) is 1. The number of methoxy groups -OCH3 is 1. The van der Waals surface area contributed by atoms with E-state index in [4.69, 9.17) is 4.74 Å². The summed E-state index contributed by atoms with van der Waals surface area (Å²) >= 11 is 0. The molecule has 1 saturated carbocycles. The molecule has 1 unspecified atom stereocenters. The number of carbonyl (C=O) groups excluding carboxylic acids is 1. The summed E-state index contributed by atoms with van der Waals surface area (Å²) < 4.78 is 45.4. The average Bonchev–Trinajstić information content (AvgIpc) is 2.86. The molecule has 0 saturated heterocycles. The Labute approximate surface area is 196 Å². The number of hydrogen-bond acceptors (Lipinski definition) is 4. The minimum Gasteiger partial charge on any atom is -0.481 e. The van der Waals surface area contributed by atoms with Crippen molar-refractivity contribution in [2.45, 2.75) is 57.2 Å². The first kappa shape index (κ1) is 24.0. The summed E-state index contributed by atoms with van der Waals surface area (Å²) in [7, 11) is 1.52. The van der Waals surface area contributed by atoms with Crippen molar-refractivity contribution in [3.63, 3.8) is 0 Å². The number of alkyl halides is 3. The van der Waals surface area contributed by atoms with Crippen LogP contribution in [0, 0.1) is 5.92 Å². The lowest BCUT2D eigenvalue weighted by atomic mass is 9.75. The molecular formula is C26H28F3N3O2. The highest BCUT2D eigenvalue weighted by atomic mass is 19.4. The Kier molecular flexibility index (Phi) is 7.05. The number of para-hydroxylation sites is 1. The number of benzene rings is 1. The van der Waals surface area contributed by atoms with Gasteiger partial charge in [-0.15, -0.1) is 0 Å². The maximum Gasteiger partial charge on any atom is 0.418 e. The molecule has 180 valence electrons. The van der Waals surface area contributed by atoms with E-state index in [1.54, 1.807) is 18.2 Å². The number of aromatic nitrogens is 2. The molecule has 8 heteroatoms. The monoisotopic (exact) mass is 471 g/mol. The van der Waals surface area contributed by atoms with Crippen molar-refractivity contribution >= 4 is 16.8 Å². The zero-order valence-electron chi connectivity index (χ0n) is 19.2. The fourth-order valence-electron chi connectivity index (χ4n) is 5.06. The Hall–Kier alpha value is -3.16. The van der Waals surface area contributed by atoms with Crippen molar-refractivity contribution in [2.75, 3.05) is 7.11 Å². The number of ether oxygens (including phenoxy) is 1. The third kappa shape index (κ3) is 5.00. The van der Waals surface area contributed by atoms with E-state index in [1.807, 2.05) is 6.07 Å². The van der Waals surface area contributed by atoms with Crippen LogP contribution in [0.5, 0.6) is 5.88 Å². The van der Waals surface area contributed by atoms with E-state index < -0.39 is 11.7 Å². The Morgan fingerprint density at radius 3 is 2.50 bits per heavy atom. The first-order valence-corrected chi connectivity index (χ1v) is 11.6. The Balaban J connectivity index is 1.45. The lowest BCUT2D eigenvalue weighted by molar-refractivity contribution is -0.136. The number of halogens is 3. The maximum atomic E-state index is 13.5. The van der Waals surface area contributed by atoms with Crippen LogP contribution in [0.3, 0.4) is 0 Å². The van der Waals surface area contributed by atoms with Crippen molar-refractivity contribution in [3.05, 3.63) is 65.5 Å². The lowest BCUT2D eigenvalue weighted by Crippen LogP contribution is -2.41. The highest BCUT2D eigenvalue weighted by Crippen LogP contribution is 2.41. The van der Waals surface area contributed by atoms with Crippen LogP contribution in [0.25, 0.3) is 10.9 Å². The van der Waals surface area contributed by atoms with Crippen LogP contribution >= 0.6 is 0 Å². The van der Waals surface area contributed by atoms with Crippen LogP contribution in [-0.2, 0) is 6.18 Å². The summed E-state index contributed by atoms with van der Waals surface area (Å²) in [5, 5.41) is 3.72. The van der Waals surface area contributed by atoms with Crippen LogP contribution in [0.1, 0.15) is 66.4 Å². The fraction of sp³-hybridized carbons (Fsp3) is 0.423. The van der Waals surface area contributed by atoms with Gasteiger partial charge in [0.1, 0.15) is 0 Å². The number of pyridine rings is 2. The number of amides is 1. The highest BCUT2D eigenvalue weighted by molar-refractivity contribution is 5.94. The molecule has 1 aromatic carbocycles. The summed E-state index contributed by atoms with van der Waals surface area (Å²) in [6.45, 7) is 2.05. The molecule has 0 bridgehead atoms. The maximum absolute atomic E-state index is 13.5. The molecule has 4 rings (SSSR count). The molecule has 0 aliphatic heterocycles. The van der Waals surface area contributed by atoms with Crippen LogP contribution in [0.15, 0.2) is 48.8 Å². The van der Waals surface area contributed by atoms with Gasteiger partial charge in [0.05, 0.1) is 23.8 Å². The van der Waals surface area contributed by atoms with Gasteiger partial charge in [-0.2, -0.15) is 13.2 Å². The van der Waals surface area contributed by atoms with Gasteiger partial charge in [-0.05, 0) is 67.7 Å². The van der Waals surface area contributed by atoms with E-state index in [1.165, 1.54) is 25.6 Å². The second-order valence-corrected chi connectivity index (χ2v) is 8.79. The number of rotatable bonds is 6. The molecule has 2 heterocycles. The second kappa shape index (κ2) is 9.99. The molecule has 1 N–H and O–H groups in total. The summed E-state index contributed by atoms with van der Waals surface area (Å²) in [6.07, 6.45) is 2.86. The normalized spacial score (nSPS) is 19.6. The molecule has 1 atom stereocenters. The lowest BCUT2D eigenvalue weighted by Gasteiger charge is -2.34. The van der Waals surface area contributed by atoms with E-state index in [0.717, 1.165) is 43.7 Å². The second-order valence-electron chi connectivity index (χ2n) is 8.79. The van der Waals surface area contributed by atoms with Gasteiger partial charge >= 0.3 is 6.18 Å². The third-order valence-electron chi connectivity index (χ3n) is 6.85. The van der Waals surface area contributed by atoms with Gasteiger partial charge in [-0.1, -0.05) is 19.1 Å². The zero-order valence-corrected chi connectivity index (χ0v) is 19.2. The summed E-state index contributed by atoms with van der Waals surface area (Å²) in [4.78, 5) is 20.9. The molecule has 1 fully saturated rings. The van der Waals surface area contributed by atoms with Gasteiger partial charge < -0.3 is 10.1 Å². The zero-order chi connectivity index (χ0) is 24.3. The molecule has 1 aliphatic rings. The number of hydrogen-bond donors (Lipinski definition) is 1. The molecule has 1 amide bonds. The summed E-state index contributed by atoms with van der Waals surface area (Å²) in [6, 6.07) is 9.50. The van der Waals surface area contributed by atoms with Crippen molar-refractivity contribution in [1.82, 2.24) is 15.3 Å². The van der Waals surface area contributed by atoms with E-state index in [0.29, 0.717) is 22.7 Å². The number of nitrogens with zero attached hydrogens (tertiary/aromatic N) is 2. The third-order valence-corrected chi connectivity index (χ3v) is 6.85. The van der Waals surface area contributed by atoms with Crippen molar-refractivity contribution < 1.29 is 22.7 Å². The van der Waals surface area contributed by atoms with Gasteiger partial charge in [0.15, 0.2) is 0 Å². The molecule has 2 aromatic heterocycles. The molecule has 0 radical (unpaired) electrons. The SMILES string of the molecule is CCC(NC(=O)c1ccc(OC)nc1)[C@H]1CC[C@@H](c2ccnc3c(C(F)(F)F)cccc32)CC1. The minimum atomic E-state index is -4.44. The highest BCUT2D eigenvalue weighted by Gasteiger charge is 2.34. The van der Waals surface area contributed by atoms with E-state index in [-0.39, 0.29) is 23.4 Å². The van der Waals surface area contributed by atoms with Crippen LogP contribution in [-0.4, -0.2) is 29.0 Å². The molecule has 34 heavy (non-hydrogen) atoms. The van der Waals surface area contributed by atoms with E-state index in [9.17, 15) is 18.0 Å². The quantitative estimate of drug-likeness (QED) is 0.469. The Bertz CT molecular complexity index is 1140. The molecule has 0 spiro atoms. The van der Waals surface area contributed by atoms with Gasteiger partial charge in [-0.25, -0.2) is 4.98 Å². The van der Waals surface area contributed by atoms with Gasteiger partial charge in [-0.3, -0.25) is 9.78 Å². The summed E-state index contributed by atoms with van der Waals surface area (Å²) in [5.74, 6) is 0.774. The average molecular weight is 472 g/mol. The predicted molar refractivity (Wildman–Crippen MR) is 124 cm³/mol. The molecule has 5 nitrogen and oxygen atoms in total. The van der Waals surface area contributed by atoms with Crippen LogP contribution < -0.4 is 10.1 Å².